The number of nitrogens with zero attached hydrogens (tertiary/aromatic N) is 4. The minimum Gasteiger partial charge on any atom is -0.366 e. The van der Waals surface area contributed by atoms with Crippen LogP contribution in [0.2, 0.25) is 0 Å². The Labute approximate surface area is 181 Å². The van der Waals surface area contributed by atoms with E-state index in [0.29, 0.717) is 17.8 Å². The Morgan fingerprint density at radius 3 is 2.84 bits per heavy atom. The molecule has 1 atom stereocenters. The maximum Gasteiger partial charge on any atom is 0.163 e. The van der Waals surface area contributed by atoms with Crippen molar-refractivity contribution in [2.24, 2.45) is 5.41 Å². The Morgan fingerprint density at radius 1 is 1.10 bits per heavy atom. The third-order valence-corrected chi connectivity index (χ3v) is 6.80. The summed E-state index contributed by atoms with van der Waals surface area (Å²) in [5.74, 6) is 2.22. The zero-order valence-corrected chi connectivity index (χ0v) is 17.9. The van der Waals surface area contributed by atoms with Crippen molar-refractivity contribution >= 4 is 27.8 Å². The molecule has 1 aliphatic heterocycles. The van der Waals surface area contributed by atoms with E-state index < -0.39 is 0 Å². The average molecular weight is 414 g/mol. The van der Waals surface area contributed by atoms with Crippen LogP contribution in [0.3, 0.4) is 0 Å². The first-order valence-corrected chi connectivity index (χ1v) is 11.2. The van der Waals surface area contributed by atoms with Crippen LogP contribution in [0.5, 0.6) is 0 Å². The molecule has 2 aliphatic rings. The molecule has 0 radical (unpaired) electrons. The second-order valence-corrected chi connectivity index (χ2v) is 9.54. The van der Waals surface area contributed by atoms with Crippen LogP contribution < -0.4 is 10.6 Å². The van der Waals surface area contributed by atoms with Crippen molar-refractivity contribution in [3.63, 3.8) is 0 Å². The largest absolute Gasteiger partial charge is 0.366 e. The maximum atomic E-state index is 5.12. The fourth-order valence-electron chi connectivity index (χ4n) is 4.80. The number of nitrogens with one attached hydrogen (secondary N) is 3. The van der Waals surface area contributed by atoms with Crippen molar-refractivity contribution in [1.82, 2.24) is 30.2 Å². The standard InChI is InChI=1S/C24H27N7/c1-24(2)13-25-8-7-19(24)30-23-20-17(14-3-4-14)11-26-12-18(20)29-22(31-23)16-6-10-28-21-15(16)5-9-27-21/h5-6,9-12,14,19,25H,3-4,7-8,13H2,1-2H3,(H,27,28)(H,29,30,31). The third kappa shape index (κ3) is 3.24. The van der Waals surface area contributed by atoms with Gasteiger partial charge in [-0.25, -0.2) is 15.0 Å². The number of hydrogen-bond donors (Lipinski definition) is 3. The van der Waals surface area contributed by atoms with Gasteiger partial charge in [0.15, 0.2) is 5.82 Å². The first-order valence-electron chi connectivity index (χ1n) is 11.2. The molecule has 7 heteroatoms. The zero-order chi connectivity index (χ0) is 21.0. The summed E-state index contributed by atoms with van der Waals surface area (Å²) in [6.07, 6.45) is 11.1. The predicted molar refractivity (Wildman–Crippen MR) is 123 cm³/mol. The summed E-state index contributed by atoms with van der Waals surface area (Å²) in [5.41, 5.74) is 4.15. The molecule has 1 saturated carbocycles. The van der Waals surface area contributed by atoms with E-state index in [1.165, 1.54) is 18.4 Å². The molecule has 0 aromatic carbocycles. The second-order valence-electron chi connectivity index (χ2n) is 9.54. The smallest absolute Gasteiger partial charge is 0.163 e. The number of H-pyrrole nitrogens is 1. The Kier molecular flexibility index (Phi) is 4.21. The van der Waals surface area contributed by atoms with Gasteiger partial charge in [-0.1, -0.05) is 13.8 Å². The van der Waals surface area contributed by atoms with Crippen LogP contribution in [-0.4, -0.2) is 44.1 Å². The van der Waals surface area contributed by atoms with Gasteiger partial charge < -0.3 is 15.6 Å². The normalized spacial score (nSPS) is 20.9. The second kappa shape index (κ2) is 6.99. The molecule has 0 spiro atoms. The monoisotopic (exact) mass is 413 g/mol. The van der Waals surface area contributed by atoms with E-state index in [1.807, 2.05) is 36.9 Å². The van der Waals surface area contributed by atoms with Gasteiger partial charge in [0.2, 0.25) is 0 Å². The van der Waals surface area contributed by atoms with E-state index in [-0.39, 0.29) is 5.41 Å². The molecule has 158 valence electrons. The topological polar surface area (TPSA) is 91.4 Å². The molecule has 3 N–H and O–H groups in total. The van der Waals surface area contributed by atoms with Crippen LogP contribution in [-0.2, 0) is 0 Å². The van der Waals surface area contributed by atoms with E-state index in [1.54, 1.807) is 0 Å². The first-order chi connectivity index (χ1) is 15.1. The third-order valence-electron chi connectivity index (χ3n) is 6.80. The molecule has 1 unspecified atom stereocenters. The predicted octanol–water partition coefficient (Wildman–Crippen LogP) is 4.25. The lowest BCUT2D eigenvalue weighted by Crippen LogP contribution is -2.49. The van der Waals surface area contributed by atoms with Gasteiger partial charge in [0.25, 0.3) is 0 Å². The highest BCUT2D eigenvalue weighted by Gasteiger charge is 2.34. The number of piperidine rings is 1. The molecule has 1 saturated heterocycles. The SMILES string of the molecule is CC1(C)CNCCC1Nc1nc(-c2ccnc3[nH]ccc23)nc2cncc(C3CC3)c12. The summed E-state index contributed by atoms with van der Waals surface area (Å²) in [6, 6.07) is 4.37. The van der Waals surface area contributed by atoms with Crippen LogP contribution >= 0.6 is 0 Å². The Morgan fingerprint density at radius 2 is 2.00 bits per heavy atom. The molecule has 4 aromatic heterocycles. The van der Waals surface area contributed by atoms with Crippen LogP contribution in [0.1, 0.15) is 44.6 Å². The lowest BCUT2D eigenvalue weighted by molar-refractivity contribution is 0.236. The first kappa shape index (κ1) is 18.7. The quantitative estimate of drug-likeness (QED) is 0.463. The van der Waals surface area contributed by atoms with Gasteiger partial charge in [-0.3, -0.25) is 4.98 Å². The van der Waals surface area contributed by atoms with E-state index in [9.17, 15) is 0 Å². The minimum absolute atomic E-state index is 0.132. The van der Waals surface area contributed by atoms with Gasteiger partial charge in [-0.15, -0.1) is 0 Å². The van der Waals surface area contributed by atoms with Crippen LogP contribution in [0.15, 0.2) is 36.9 Å². The molecule has 1 aliphatic carbocycles. The summed E-state index contributed by atoms with van der Waals surface area (Å²) < 4.78 is 0. The van der Waals surface area contributed by atoms with Crippen molar-refractivity contribution in [2.45, 2.75) is 45.1 Å². The summed E-state index contributed by atoms with van der Waals surface area (Å²) >= 11 is 0. The summed E-state index contributed by atoms with van der Waals surface area (Å²) in [6.45, 7) is 6.64. The van der Waals surface area contributed by atoms with Crippen LogP contribution in [0.25, 0.3) is 33.3 Å². The van der Waals surface area contributed by atoms with Crippen LogP contribution in [0.4, 0.5) is 5.82 Å². The molecule has 5 heterocycles. The molecule has 31 heavy (non-hydrogen) atoms. The molecular formula is C24H27N7. The summed E-state index contributed by atoms with van der Waals surface area (Å²) in [5, 5.41) is 9.54. The number of pyridine rings is 2. The van der Waals surface area contributed by atoms with Gasteiger partial charge in [0, 0.05) is 47.5 Å². The molecule has 2 fully saturated rings. The minimum atomic E-state index is 0.132. The van der Waals surface area contributed by atoms with Crippen molar-refractivity contribution in [2.75, 3.05) is 18.4 Å². The van der Waals surface area contributed by atoms with Gasteiger partial charge in [-0.2, -0.15) is 0 Å². The van der Waals surface area contributed by atoms with Crippen molar-refractivity contribution in [1.29, 1.82) is 0 Å². The lowest BCUT2D eigenvalue weighted by Gasteiger charge is -2.40. The highest BCUT2D eigenvalue weighted by atomic mass is 15.1. The number of aromatic nitrogens is 5. The van der Waals surface area contributed by atoms with Gasteiger partial charge >= 0.3 is 0 Å². The Bertz CT molecular complexity index is 1270. The van der Waals surface area contributed by atoms with Gasteiger partial charge in [0.1, 0.15) is 11.5 Å². The van der Waals surface area contributed by atoms with E-state index in [2.05, 4.69) is 39.4 Å². The average Bonchev–Trinajstić information content (AvgIpc) is 3.50. The van der Waals surface area contributed by atoms with E-state index in [4.69, 9.17) is 9.97 Å². The van der Waals surface area contributed by atoms with E-state index >= 15 is 0 Å². The highest BCUT2D eigenvalue weighted by Crippen LogP contribution is 2.45. The molecule has 6 rings (SSSR count). The molecule has 7 nitrogen and oxygen atoms in total. The Hall–Kier alpha value is -3.06. The van der Waals surface area contributed by atoms with Crippen LogP contribution in [0, 0.1) is 5.41 Å². The summed E-state index contributed by atoms with van der Waals surface area (Å²) in [7, 11) is 0. The maximum absolute atomic E-state index is 5.12. The van der Waals surface area contributed by atoms with Crippen molar-refractivity contribution in [3.05, 3.63) is 42.5 Å². The molecular weight excluding hydrogens is 386 g/mol. The number of anilines is 1. The fourth-order valence-corrected chi connectivity index (χ4v) is 4.80. The fraction of sp³-hybridized carbons (Fsp3) is 0.417. The van der Waals surface area contributed by atoms with Gasteiger partial charge in [0.05, 0.1) is 11.7 Å². The summed E-state index contributed by atoms with van der Waals surface area (Å²) in [4.78, 5) is 22.2. The Balaban J connectivity index is 1.55. The number of hydrogen-bond acceptors (Lipinski definition) is 6. The van der Waals surface area contributed by atoms with Crippen molar-refractivity contribution in [3.8, 4) is 11.4 Å². The number of aromatic amines is 1. The highest BCUT2D eigenvalue weighted by molar-refractivity contribution is 5.96. The lowest BCUT2D eigenvalue weighted by atomic mass is 9.80. The molecule has 4 aromatic rings. The number of rotatable bonds is 4. The van der Waals surface area contributed by atoms with E-state index in [0.717, 1.165) is 52.8 Å². The molecule has 0 bridgehead atoms. The van der Waals surface area contributed by atoms with Gasteiger partial charge in [-0.05, 0) is 54.8 Å². The number of fused-ring (bicyclic) bond motifs is 2. The zero-order valence-electron chi connectivity index (χ0n) is 17.9. The van der Waals surface area contributed by atoms with Crippen molar-refractivity contribution < 1.29 is 0 Å². The molecule has 0 amide bonds.